The fraction of sp³-hybridized carbons (Fsp3) is 0.700. The van der Waals surface area contributed by atoms with Gasteiger partial charge in [0.15, 0.2) is 0 Å². The van der Waals surface area contributed by atoms with Gasteiger partial charge >= 0.3 is 0 Å². The summed E-state index contributed by atoms with van der Waals surface area (Å²) in [5, 5.41) is 3.87. The summed E-state index contributed by atoms with van der Waals surface area (Å²) in [6.07, 6.45) is 7.98. The number of rotatable bonds is 7. The molecule has 1 aromatic rings. The van der Waals surface area contributed by atoms with Crippen LogP contribution in [0.1, 0.15) is 69.2 Å². The maximum absolute atomic E-state index is 3.87. The molecule has 0 amide bonds. The molecule has 116 valence electrons. The molecule has 0 aromatic heterocycles. The lowest BCUT2D eigenvalue weighted by Gasteiger charge is -2.22. The van der Waals surface area contributed by atoms with E-state index in [1.807, 2.05) is 0 Å². The molecule has 1 aromatic carbocycles. The van der Waals surface area contributed by atoms with E-state index in [0.29, 0.717) is 6.04 Å². The highest BCUT2D eigenvalue weighted by atomic mass is 14.9. The van der Waals surface area contributed by atoms with Gasteiger partial charge in [-0.15, -0.1) is 0 Å². The van der Waals surface area contributed by atoms with Crippen LogP contribution in [0, 0.1) is 17.8 Å². The van der Waals surface area contributed by atoms with E-state index in [2.05, 4.69) is 44.3 Å². The first-order chi connectivity index (χ1) is 10.3. The van der Waals surface area contributed by atoms with Gasteiger partial charge in [0.1, 0.15) is 0 Å². The number of benzene rings is 1. The zero-order valence-electron chi connectivity index (χ0n) is 14.0. The molecule has 0 heterocycles. The molecule has 2 aliphatic carbocycles. The molecule has 1 nitrogen and oxygen atoms in total. The van der Waals surface area contributed by atoms with Gasteiger partial charge in [0.05, 0.1) is 0 Å². The molecule has 0 bridgehead atoms. The molecule has 0 radical (unpaired) electrons. The Kier molecular flexibility index (Phi) is 4.69. The summed E-state index contributed by atoms with van der Waals surface area (Å²) in [4.78, 5) is 0. The number of hydrogen-bond acceptors (Lipinski definition) is 1. The van der Waals surface area contributed by atoms with E-state index in [0.717, 1.165) is 37.1 Å². The number of aryl methyl sites for hydroxylation is 2. The molecular weight excluding hydrogens is 254 g/mol. The molecule has 0 saturated heterocycles. The Balaban J connectivity index is 1.82. The summed E-state index contributed by atoms with van der Waals surface area (Å²) < 4.78 is 0. The van der Waals surface area contributed by atoms with Gasteiger partial charge in [-0.1, -0.05) is 45.4 Å². The maximum atomic E-state index is 3.87. The van der Waals surface area contributed by atoms with Crippen LogP contribution in [-0.4, -0.2) is 6.54 Å². The van der Waals surface area contributed by atoms with Crippen molar-refractivity contribution >= 4 is 0 Å². The minimum atomic E-state index is 0.608. The van der Waals surface area contributed by atoms with E-state index in [1.54, 1.807) is 11.1 Å². The van der Waals surface area contributed by atoms with E-state index in [4.69, 9.17) is 0 Å². The van der Waals surface area contributed by atoms with Crippen LogP contribution in [0.25, 0.3) is 0 Å². The van der Waals surface area contributed by atoms with E-state index in [9.17, 15) is 0 Å². The quantitative estimate of drug-likeness (QED) is 0.751. The average Bonchev–Trinajstić information content (AvgIpc) is 2.98. The molecule has 1 N–H and O–H groups in total. The van der Waals surface area contributed by atoms with E-state index in [1.165, 1.54) is 31.2 Å². The van der Waals surface area contributed by atoms with Crippen molar-refractivity contribution in [1.82, 2.24) is 5.32 Å². The first-order valence-corrected chi connectivity index (χ1v) is 9.15. The molecule has 3 rings (SSSR count). The minimum absolute atomic E-state index is 0.608. The van der Waals surface area contributed by atoms with Gasteiger partial charge in [-0.25, -0.2) is 0 Å². The first kappa shape index (κ1) is 15.1. The summed E-state index contributed by atoms with van der Waals surface area (Å²) in [5.41, 5.74) is 4.65. The lowest BCUT2D eigenvalue weighted by atomic mass is 9.92. The van der Waals surface area contributed by atoms with Crippen molar-refractivity contribution in [3.05, 3.63) is 34.9 Å². The summed E-state index contributed by atoms with van der Waals surface area (Å²) >= 11 is 0. The molecule has 0 aliphatic heterocycles. The predicted molar refractivity (Wildman–Crippen MR) is 90.6 cm³/mol. The second-order valence-corrected chi connectivity index (χ2v) is 7.00. The topological polar surface area (TPSA) is 12.0 Å². The SMILES string of the molecule is CCCNC(c1ccc(CC)c(CC)c1)C1C2CCCC21. The molecule has 3 atom stereocenters. The number of hydrogen-bond donors (Lipinski definition) is 1. The zero-order valence-corrected chi connectivity index (χ0v) is 14.0. The molecule has 1 heteroatoms. The third-order valence-electron chi connectivity index (χ3n) is 5.82. The number of fused-ring (bicyclic) bond motifs is 1. The molecule has 21 heavy (non-hydrogen) atoms. The highest BCUT2D eigenvalue weighted by Gasteiger charge is 2.55. The highest BCUT2D eigenvalue weighted by Crippen LogP contribution is 2.62. The van der Waals surface area contributed by atoms with Gasteiger partial charge in [0.2, 0.25) is 0 Å². The Labute approximate surface area is 130 Å². The van der Waals surface area contributed by atoms with E-state index < -0.39 is 0 Å². The Hall–Kier alpha value is -0.820. The summed E-state index contributed by atoms with van der Waals surface area (Å²) in [6, 6.07) is 7.89. The largest absolute Gasteiger partial charge is 0.310 e. The van der Waals surface area contributed by atoms with Crippen LogP contribution in [0.3, 0.4) is 0 Å². The van der Waals surface area contributed by atoms with Crippen LogP contribution in [0.15, 0.2) is 18.2 Å². The fourth-order valence-corrected chi connectivity index (χ4v) is 4.66. The molecule has 3 unspecified atom stereocenters. The summed E-state index contributed by atoms with van der Waals surface area (Å²) in [5.74, 6) is 2.97. The van der Waals surface area contributed by atoms with Crippen molar-refractivity contribution in [2.75, 3.05) is 6.54 Å². The normalized spacial score (nSPS) is 28.4. The van der Waals surface area contributed by atoms with E-state index >= 15 is 0 Å². The first-order valence-electron chi connectivity index (χ1n) is 9.15. The Morgan fingerprint density at radius 3 is 2.38 bits per heavy atom. The lowest BCUT2D eigenvalue weighted by molar-refractivity contribution is 0.417. The van der Waals surface area contributed by atoms with Gasteiger partial charge < -0.3 is 5.32 Å². The van der Waals surface area contributed by atoms with Crippen LogP contribution < -0.4 is 5.32 Å². The third-order valence-corrected chi connectivity index (χ3v) is 5.82. The van der Waals surface area contributed by atoms with Gasteiger partial charge in [-0.2, -0.15) is 0 Å². The molecule has 2 fully saturated rings. The zero-order chi connectivity index (χ0) is 14.8. The minimum Gasteiger partial charge on any atom is -0.310 e. The van der Waals surface area contributed by atoms with Crippen molar-refractivity contribution in [2.24, 2.45) is 17.8 Å². The molecule has 2 saturated carbocycles. The lowest BCUT2D eigenvalue weighted by Crippen LogP contribution is -2.25. The molecule has 2 aliphatic rings. The highest BCUT2D eigenvalue weighted by molar-refractivity contribution is 5.35. The average molecular weight is 285 g/mol. The van der Waals surface area contributed by atoms with Crippen molar-refractivity contribution in [3.63, 3.8) is 0 Å². The Morgan fingerprint density at radius 2 is 1.76 bits per heavy atom. The third kappa shape index (κ3) is 2.90. The van der Waals surface area contributed by atoms with Crippen molar-refractivity contribution < 1.29 is 0 Å². The van der Waals surface area contributed by atoms with Crippen molar-refractivity contribution in [3.8, 4) is 0 Å². The van der Waals surface area contributed by atoms with Crippen LogP contribution >= 0.6 is 0 Å². The fourth-order valence-electron chi connectivity index (χ4n) is 4.66. The van der Waals surface area contributed by atoms with Gasteiger partial charge in [-0.05, 0) is 73.1 Å². The van der Waals surface area contributed by atoms with Crippen molar-refractivity contribution in [1.29, 1.82) is 0 Å². The molecular formula is C20H31N. The molecule has 0 spiro atoms. The van der Waals surface area contributed by atoms with Crippen LogP contribution in [-0.2, 0) is 12.8 Å². The Morgan fingerprint density at radius 1 is 1.05 bits per heavy atom. The van der Waals surface area contributed by atoms with Crippen LogP contribution in [0.2, 0.25) is 0 Å². The predicted octanol–water partition coefficient (Wildman–Crippen LogP) is 4.90. The van der Waals surface area contributed by atoms with Crippen LogP contribution in [0.5, 0.6) is 0 Å². The summed E-state index contributed by atoms with van der Waals surface area (Å²) in [7, 11) is 0. The number of nitrogens with one attached hydrogen (secondary N) is 1. The van der Waals surface area contributed by atoms with Crippen molar-refractivity contribution in [2.45, 2.75) is 65.3 Å². The maximum Gasteiger partial charge on any atom is 0.0354 e. The van der Waals surface area contributed by atoms with E-state index in [-0.39, 0.29) is 0 Å². The second-order valence-electron chi connectivity index (χ2n) is 7.00. The monoisotopic (exact) mass is 285 g/mol. The van der Waals surface area contributed by atoms with Gasteiger partial charge in [0.25, 0.3) is 0 Å². The Bertz CT molecular complexity index is 469. The van der Waals surface area contributed by atoms with Gasteiger partial charge in [0, 0.05) is 6.04 Å². The van der Waals surface area contributed by atoms with Crippen LogP contribution in [0.4, 0.5) is 0 Å². The standard InChI is InChI=1S/C20H31N/c1-4-12-21-20(19-17-8-7-9-18(17)19)16-11-10-14(5-2)15(6-3)13-16/h10-11,13,17-21H,4-9,12H2,1-3H3. The smallest absolute Gasteiger partial charge is 0.0354 e. The van der Waals surface area contributed by atoms with Gasteiger partial charge in [-0.3, -0.25) is 0 Å². The second kappa shape index (κ2) is 6.52. The summed E-state index contributed by atoms with van der Waals surface area (Å²) in [6.45, 7) is 7.98.